The van der Waals surface area contributed by atoms with E-state index in [0.29, 0.717) is 6.54 Å². The highest BCUT2D eigenvalue weighted by Gasteiger charge is 2.27. The van der Waals surface area contributed by atoms with Crippen LogP contribution in [-0.4, -0.2) is 18.3 Å². The first kappa shape index (κ1) is 12.1. The Morgan fingerprint density at radius 2 is 2.07 bits per heavy atom. The molecule has 0 spiro atoms. The van der Waals surface area contributed by atoms with Crippen LogP contribution in [0.25, 0.3) is 0 Å². The van der Waals surface area contributed by atoms with Gasteiger partial charge in [-0.15, -0.1) is 0 Å². The molecule has 0 saturated heterocycles. The van der Waals surface area contributed by atoms with Crippen LogP contribution in [0.3, 0.4) is 0 Å². The van der Waals surface area contributed by atoms with E-state index in [9.17, 15) is 13.9 Å². The van der Waals surface area contributed by atoms with Crippen LogP contribution in [0, 0.1) is 11.6 Å². The summed E-state index contributed by atoms with van der Waals surface area (Å²) in [6.07, 6.45) is 0. The SMILES string of the molecule is CCNC(C)(CO)c1ccc(F)cc1F. The Kier molecular flexibility index (Phi) is 3.77. The van der Waals surface area contributed by atoms with Crippen molar-refractivity contribution in [3.63, 3.8) is 0 Å². The van der Waals surface area contributed by atoms with E-state index < -0.39 is 17.2 Å². The maximum absolute atomic E-state index is 13.5. The lowest BCUT2D eigenvalue weighted by Gasteiger charge is -2.29. The van der Waals surface area contributed by atoms with E-state index >= 15 is 0 Å². The average Bonchev–Trinajstić information content (AvgIpc) is 2.17. The van der Waals surface area contributed by atoms with E-state index in [-0.39, 0.29) is 12.2 Å². The maximum Gasteiger partial charge on any atom is 0.131 e. The number of likely N-dealkylation sites (N-methyl/N-ethyl adjacent to an activating group) is 1. The van der Waals surface area contributed by atoms with Gasteiger partial charge in [-0.25, -0.2) is 8.78 Å². The number of hydrogen-bond acceptors (Lipinski definition) is 2. The predicted molar refractivity (Wildman–Crippen MR) is 54.5 cm³/mol. The van der Waals surface area contributed by atoms with Gasteiger partial charge in [0.25, 0.3) is 0 Å². The minimum absolute atomic E-state index is 0.247. The predicted octanol–water partition coefficient (Wildman–Crippen LogP) is 1.78. The van der Waals surface area contributed by atoms with Crippen LogP contribution in [0.15, 0.2) is 18.2 Å². The molecule has 0 saturated carbocycles. The highest BCUT2D eigenvalue weighted by Crippen LogP contribution is 2.23. The molecule has 2 nitrogen and oxygen atoms in total. The van der Waals surface area contributed by atoms with Crippen molar-refractivity contribution in [2.24, 2.45) is 0 Å². The van der Waals surface area contributed by atoms with Gasteiger partial charge in [-0.05, 0) is 19.5 Å². The first-order chi connectivity index (χ1) is 7.03. The van der Waals surface area contributed by atoms with Gasteiger partial charge in [0, 0.05) is 11.6 Å². The average molecular weight is 215 g/mol. The third kappa shape index (κ3) is 2.52. The Balaban J connectivity index is 3.12. The molecule has 0 bridgehead atoms. The van der Waals surface area contributed by atoms with Gasteiger partial charge >= 0.3 is 0 Å². The summed E-state index contributed by atoms with van der Waals surface area (Å²) in [5.74, 6) is -1.26. The monoisotopic (exact) mass is 215 g/mol. The Labute approximate surface area is 87.9 Å². The fourth-order valence-electron chi connectivity index (χ4n) is 1.56. The third-order valence-corrected chi connectivity index (χ3v) is 2.41. The van der Waals surface area contributed by atoms with Crippen LogP contribution >= 0.6 is 0 Å². The number of benzene rings is 1. The summed E-state index contributed by atoms with van der Waals surface area (Å²) in [6.45, 7) is 3.87. The zero-order chi connectivity index (χ0) is 11.5. The van der Waals surface area contributed by atoms with Crippen molar-refractivity contribution in [2.75, 3.05) is 13.2 Å². The Morgan fingerprint density at radius 3 is 2.53 bits per heavy atom. The van der Waals surface area contributed by atoms with Crippen molar-refractivity contribution in [2.45, 2.75) is 19.4 Å². The molecule has 4 heteroatoms. The van der Waals surface area contributed by atoms with Crippen LogP contribution in [-0.2, 0) is 5.54 Å². The lowest BCUT2D eigenvalue weighted by molar-refractivity contribution is 0.173. The van der Waals surface area contributed by atoms with E-state index in [0.717, 1.165) is 6.07 Å². The Morgan fingerprint density at radius 1 is 1.40 bits per heavy atom. The molecule has 1 unspecified atom stereocenters. The second-order valence-corrected chi connectivity index (χ2v) is 3.64. The molecule has 0 radical (unpaired) electrons. The fraction of sp³-hybridized carbons (Fsp3) is 0.455. The molecular formula is C11H15F2NO. The standard InChI is InChI=1S/C11H15F2NO/c1-3-14-11(2,7-15)9-5-4-8(12)6-10(9)13/h4-6,14-15H,3,7H2,1-2H3. The number of hydrogen-bond donors (Lipinski definition) is 2. The van der Waals surface area contributed by atoms with Crippen molar-refractivity contribution < 1.29 is 13.9 Å². The molecule has 1 aromatic rings. The van der Waals surface area contributed by atoms with Crippen molar-refractivity contribution in [3.05, 3.63) is 35.4 Å². The molecule has 0 aliphatic carbocycles. The third-order valence-electron chi connectivity index (χ3n) is 2.41. The topological polar surface area (TPSA) is 32.3 Å². The van der Waals surface area contributed by atoms with Crippen LogP contribution < -0.4 is 5.32 Å². The van der Waals surface area contributed by atoms with E-state index in [4.69, 9.17) is 0 Å². The molecule has 0 aliphatic heterocycles. The zero-order valence-corrected chi connectivity index (χ0v) is 8.85. The van der Waals surface area contributed by atoms with Gasteiger partial charge in [0.05, 0.1) is 12.1 Å². The summed E-state index contributed by atoms with van der Waals surface area (Å²) in [5.41, 5.74) is -0.597. The van der Waals surface area contributed by atoms with Gasteiger partial charge in [0.1, 0.15) is 11.6 Å². The highest BCUT2D eigenvalue weighted by atomic mass is 19.1. The molecular weight excluding hydrogens is 200 g/mol. The number of aliphatic hydroxyl groups excluding tert-OH is 1. The smallest absolute Gasteiger partial charge is 0.131 e. The minimum Gasteiger partial charge on any atom is -0.394 e. The van der Waals surface area contributed by atoms with E-state index in [2.05, 4.69) is 5.32 Å². The van der Waals surface area contributed by atoms with Gasteiger partial charge in [-0.3, -0.25) is 0 Å². The highest BCUT2D eigenvalue weighted by molar-refractivity contribution is 5.26. The van der Waals surface area contributed by atoms with Crippen molar-refractivity contribution >= 4 is 0 Å². The van der Waals surface area contributed by atoms with Crippen LogP contribution in [0.4, 0.5) is 8.78 Å². The molecule has 1 aromatic carbocycles. The molecule has 0 fully saturated rings. The number of nitrogens with one attached hydrogen (secondary N) is 1. The summed E-state index contributed by atoms with van der Waals surface area (Å²) < 4.78 is 26.2. The van der Waals surface area contributed by atoms with E-state index in [1.165, 1.54) is 12.1 Å². The molecule has 2 N–H and O–H groups in total. The first-order valence-corrected chi connectivity index (χ1v) is 4.85. The summed E-state index contributed by atoms with van der Waals surface area (Å²) in [6, 6.07) is 3.35. The number of halogens is 2. The maximum atomic E-state index is 13.5. The summed E-state index contributed by atoms with van der Waals surface area (Å²) in [4.78, 5) is 0. The summed E-state index contributed by atoms with van der Waals surface area (Å²) in [5, 5.41) is 12.2. The minimum atomic E-state index is -0.869. The fourth-order valence-corrected chi connectivity index (χ4v) is 1.56. The molecule has 0 aromatic heterocycles. The van der Waals surface area contributed by atoms with Gasteiger partial charge in [0.15, 0.2) is 0 Å². The van der Waals surface area contributed by atoms with Gasteiger partial charge in [-0.2, -0.15) is 0 Å². The van der Waals surface area contributed by atoms with Gasteiger partial charge < -0.3 is 10.4 Å². The normalized spacial score (nSPS) is 15.0. The van der Waals surface area contributed by atoms with Crippen molar-refractivity contribution in [1.29, 1.82) is 0 Å². The van der Waals surface area contributed by atoms with Gasteiger partial charge in [-0.1, -0.05) is 13.0 Å². The van der Waals surface area contributed by atoms with Crippen LogP contribution in [0.1, 0.15) is 19.4 Å². The number of aliphatic hydroxyl groups is 1. The quantitative estimate of drug-likeness (QED) is 0.802. The largest absolute Gasteiger partial charge is 0.394 e. The second kappa shape index (κ2) is 4.68. The lowest BCUT2D eigenvalue weighted by atomic mass is 9.92. The Hall–Kier alpha value is -1.00. The van der Waals surface area contributed by atoms with Crippen LogP contribution in [0.2, 0.25) is 0 Å². The van der Waals surface area contributed by atoms with Crippen LogP contribution in [0.5, 0.6) is 0 Å². The Bertz CT molecular complexity index is 343. The van der Waals surface area contributed by atoms with Crippen molar-refractivity contribution in [3.8, 4) is 0 Å². The second-order valence-electron chi connectivity index (χ2n) is 3.64. The molecule has 84 valence electrons. The van der Waals surface area contributed by atoms with E-state index in [1.54, 1.807) is 6.92 Å². The summed E-state index contributed by atoms with van der Waals surface area (Å²) >= 11 is 0. The molecule has 0 amide bonds. The number of rotatable bonds is 4. The molecule has 1 rings (SSSR count). The zero-order valence-electron chi connectivity index (χ0n) is 8.85. The summed E-state index contributed by atoms with van der Waals surface area (Å²) in [7, 11) is 0. The molecule has 15 heavy (non-hydrogen) atoms. The molecule has 0 heterocycles. The molecule has 1 atom stereocenters. The van der Waals surface area contributed by atoms with Crippen molar-refractivity contribution in [1.82, 2.24) is 5.32 Å². The lowest BCUT2D eigenvalue weighted by Crippen LogP contribution is -2.43. The van der Waals surface area contributed by atoms with Gasteiger partial charge in [0.2, 0.25) is 0 Å². The molecule has 0 aliphatic rings. The van der Waals surface area contributed by atoms with E-state index in [1.807, 2.05) is 6.92 Å². The first-order valence-electron chi connectivity index (χ1n) is 4.85.